The van der Waals surface area contributed by atoms with E-state index >= 15 is 0 Å². The number of amides is 1. The molecular formula is C18H19N5O3. The van der Waals surface area contributed by atoms with Crippen LogP contribution in [0.4, 0.5) is 0 Å². The van der Waals surface area contributed by atoms with Gasteiger partial charge < -0.3 is 10.4 Å². The molecule has 3 aromatic rings. The van der Waals surface area contributed by atoms with E-state index in [1.54, 1.807) is 17.8 Å². The zero-order chi connectivity index (χ0) is 18.5. The van der Waals surface area contributed by atoms with Crippen LogP contribution in [0.5, 0.6) is 0 Å². The monoisotopic (exact) mass is 353 g/mol. The Bertz CT molecular complexity index is 946. The van der Waals surface area contributed by atoms with E-state index in [9.17, 15) is 9.59 Å². The summed E-state index contributed by atoms with van der Waals surface area (Å²) in [5.41, 5.74) is 2.53. The van der Waals surface area contributed by atoms with E-state index in [1.807, 2.05) is 30.3 Å². The molecule has 0 unspecified atom stereocenters. The molecule has 2 N–H and O–H groups in total. The van der Waals surface area contributed by atoms with Gasteiger partial charge in [0.25, 0.3) is 5.91 Å². The lowest BCUT2D eigenvalue weighted by Crippen LogP contribution is -2.25. The first kappa shape index (κ1) is 17.5. The number of rotatable bonds is 7. The summed E-state index contributed by atoms with van der Waals surface area (Å²) in [5.74, 6) is -1.15. The third-order valence-electron chi connectivity index (χ3n) is 4.06. The Kier molecular flexibility index (Phi) is 5.21. The van der Waals surface area contributed by atoms with Gasteiger partial charge in [-0.15, -0.1) is 5.10 Å². The second kappa shape index (κ2) is 7.73. The van der Waals surface area contributed by atoms with Crippen LogP contribution < -0.4 is 5.32 Å². The molecule has 0 radical (unpaired) electrons. The first-order valence-corrected chi connectivity index (χ1v) is 8.34. The number of pyridine rings is 1. The molecule has 0 saturated heterocycles. The minimum atomic E-state index is -0.834. The molecule has 0 aliphatic carbocycles. The van der Waals surface area contributed by atoms with Gasteiger partial charge in [-0.05, 0) is 44.0 Å². The van der Waals surface area contributed by atoms with Crippen LogP contribution in [0, 0.1) is 6.92 Å². The van der Waals surface area contributed by atoms with Gasteiger partial charge in [-0.1, -0.05) is 11.3 Å². The largest absolute Gasteiger partial charge is 0.481 e. The average molecular weight is 353 g/mol. The van der Waals surface area contributed by atoms with Gasteiger partial charge >= 0.3 is 5.97 Å². The fourth-order valence-electron chi connectivity index (χ4n) is 2.73. The fourth-order valence-corrected chi connectivity index (χ4v) is 2.73. The van der Waals surface area contributed by atoms with Crippen molar-refractivity contribution in [2.24, 2.45) is 0 Å². The van der Waals surface area contributed by atoms with Crippen LogP contribution in [-0.2, 0) is 4.79 Å². The first-order chi connectivity index (χ1) is 12.6. The lowest BCUT2D eigenvalue weighted by molar-refractivity contribution is -0.137. The Hall–Kier alpha value is -3.29. The Morgan fingerprint density at radius 1 is 1.19 bits per heavy atom. The van der Waals surface area contributed by atoms with Gasteiger partial charge in [-0.3, -0.25) is 14.6 Å². The maximum atomic E-state index is 12.3. The van der Waals surface area contributed by atoms with Crippen LogP contribution in [0.15, 0.2) is 36.5 Å². The van der Waals surface area contributed by atoms with E-state index in [0.29, 0.717) is 25.1 Å². The summed E-state index contributed by atoms with van der Waals surface area (Å²) in [4.78, 5) is 27.1. The number of carboxylic acid groups (broad SMARTS) is 1. The van der Waals surface area contributed by atoms with Crippen molar-refractivity contribution >= 4 is 22.8 Å². The van der Waals surface area contributed by atoms with Gasteiger partial charge in [0.05, 0.1) is 16.9 Å². The molecule has 2 heterocycles. The van der Waals surface area contributed by atoms with Gasteiger partial charge in [0, 0.05) is 24.5 Å². The zero-order valence-corrected chi connectivity index (χ0v) is 14.3. The van der Waals surface area contributed by atoms with Crippen molar-refractivity contribution < 1.29 is 14.7 Å². The molecule has 134 valence electrons. The number of hydrogen-bond donors (Lipinski definition) is 2. The van der Waals surface area contributed by atoms with Gasteiger partial charge in [0.15, 0.2) is 5.69 Å². The maximum absolute atomic E-state index is 12.3. The molecule has 0 fully saturated rings. The van der Waals surface area contributed by atoms with Crippen LogP contribution in [0.25, 0.3) is 16.6 Å². The quantitative estimate of drug-likeness (QED) is 0.630. The molecule has 8 heteroatoms. The van der Waals surface area contributed by atoms with Gasteiger partial charge in [0.2, 0.25) is 0 Å². The summed E-state index contributed by atoms with van der Waals surface area (Å²) >= 11 is 0. The van der Waals surface area contributed by atoms with E-state index in [-0.39, 0.29) is 18.0 Å². The standard InChI is InChI=1S/C18H19N5O3/c1-12-17(18(26)20-10-3-2-9-16(24)25)21-22-23(12)15-8-4-7-14-13(15)6-5-11-19-14/h4-8,11H,2-3,9-10H2,1H3,(H,20,26)(H,24,25). The Balaban J connectivity index is 1.75. The average Bonchev–Trinajstić information content (AvgIpc) is 3.02. The van der Waals surface area contributed by atoms with Gasteiger partial charge in [-0.2, -0.15) is 0 Å². The maximum Gasteiger partial charge on any atom is 0.303 e. The molecule has 0 aliphatic heterocycles. The number of nitrogens with one attached hydrogen (secondary N) is 1. The summed E-state index contributed by atoms with van der Waals surface area (Å²) in [6.45, 7) is 2.19. The second-order valence-corrected chi connectivity index (χ2v) is 5.89. The van der Waals surface area contributed by atoms with E-state index in [4.69, 9.17) is 5.11 Å². The van der Waals surface area contributed by atoms with E-state index in [1.165, 1.54) is 0 Å². The predicted molar refractivity (Wildman–Crippen MR) is 95.2 cm³/mol. The van der Waals surface area contributed by atoms with E-state index < -0.39 is 5.97 Å². The van der Waals surface area contributed by atoms with Crippen LogP contribution >= 0.6 is 0 Å². The summed E-state index contributed by atoms with van der Waals surface area (Å²) in [5, 5.41) is 20.4. The first-order valence-electron chi connectivity index (χ1n) is 8.34. The van der Waals surface area contributed by atoms with Crippen molar-refractivity contribution in [3.63, 3.8) is 0 Å². The third kappa shape index (κ3) is 3.69. The van der Waals surface area contributed by atoms with Crippen LogP contribution in [0.3, 0.4) is 0 Å². The molecule has 1 aromatic carbocycles. The van der Waals surface area contributed by atoms with E-state index in [0.717, 1.165) is 16.6 Å². The number of aliphatic carboxylic acids is 1. The predicted octanol–water partition coefficient (Wildman–Crippen LogP) is 2.11. The Morgan fingerprint density at radius 2 is 2.04 bits per heavy atom. The van der Waals surface area contributed by atoms with Crippen molar-refractivity contribution in [2.75, 3.05) is 6.54 Å². The molecule has 8 nitrogen and oxygen atoms in total. The highest BCUT2D eigenvalue weighted by atomic mass is 16.4. The smallest absolute Gasteiger partial charge is 0.303 e. The minimum absolute atomic E-state index is 0.0974. The molecule has 26 heavy (non-hydrogen) atoms. The lowest BCUT2D eigenvalue weighted by atomic mass is 10.2. The molecule has 0 bridgehead atoms. The zero-order valence-electron chi connectivity index (χ0n) is 14.3. The number of carboxylic acids is 1. The number of carbonyl (C=O) groups excluding carboxylic acids is 1. The number of benzene rings is 1. The molecule has 2 aromatic heterocycles. The van der Waals surface area contributed by atoms with Crippen molar-refractivity contribution in [2.45, 2.75) is 26.2 Å². The normalized spacial score (nSPS) is 10.8. The lowest BCUT2D eigenvalue weighted by Gasteiger charge is -2.07. The second-order valence-electron chi connectivity index (χ2n) is 5.89. The van der Waals surface area contributed by atoms with Crippen LogP contribution in [0.1, 0.15) is 35.4 Å². The number of carbonyl (C=O) groups is 2. The fraction of sp³-hybridized carbons (Fsp3) is 0.278. The number of nitrogens with zero attached hydrogens (tertiary/aromatic N) is 4. The molecule has 1 amide bonds. The van der Waals surface area contributed by atoms with Crippen molar-refractivity contribution in [1.82, 2.24) is 25.3 Å². The summed E-state index contributed by atoms with van der Waals surface area (Å²) in [6.07, 6.45) is 2.94. The molecular weight excluding hydrogens is 334 g/mol. The highest BCUT2D eigenvalue weighted by molar-refractivity contribution is 5.93. The van der Waals surface area contributed by atoms with Gasteiger partial charge in [-0.25, -0.2) is 4.68 Å². The van der Waals surface area contributed by atoms with Crippen molar-refractivity contribution in [3.8, 4) is 5.69 Å². The van der Waals surface area contributed by atoms with Crippen LogP contribution in [-0.4, -0.2) is 43.5 Å². The van der Waals surface area contributed by atoms with Crippen molar-refractivity contribution in [3.05, 3.63) is 47.9 Å². The molecule has 0 saturated carbocycles. The Morgan fingerprint density at radius 3 is 2.85 bits per heavy atom. The number of fused-ring (bicyclic) bond motifs is 1. The minimum Gasteiger partial charge on any atom is -0.481 e. The number of unbranched alkanes of at least 4 members (excludes halogenated alkanes) is 1. The molecule has 3 rings (SSSR count). The summed E-state index contributed by atoms with van der Waals surface area (Å²) in [7, 11) is 0. The van der Waals surface area contributed by atoms with Crippen molar-refractivity contribution in [1.29, 1.82) is 0 Å². The third-order valence-corrected chi connectivity index (χ3v) is 4.06. The molecule has 0 atom stereocenters. The SMILES string of the molecule is Cc1c(C(=O)NCCCCC(=O)O)nnn1-c1cccc2ncccc12. The number of aromatic nitrogens is 4. The topological polar surface area (TPSA) is 110 Å². The highest BCUT2D eigenvalue weighted by Crippen LogP contribution is 2.21. The molecule has 0 spiro atoms. The Labute approximate surface area is 149 Å². The number of hydrogen-bond acceptors (Lipinski definition) is 5. The summed E-state index contributed by atoms with van der Waals surface area (Å²) < 4.78 is 1.63. The van der Waals surface area contributed by atoms with E-state index in [2.05, 4.69) is 20.6 Å². The highest BCUT2D eigenvalue weighted by Gasteiger charge is 2.18. The molecule has 0 aliphatic rings. The summed E-state index contributed by atoms with van der Waals surface area (Å²) in [6, 6.07) is 9.49. The van der Waals surface area contributed by atoms with Crippen LogP contribution in [0.2, 0.25) is 0 Å². The van der Waals surface area contributed by atoms with Gasteiger partial charge in [0.1, 0.15) is 0 Å².